The molecule has 0 aliphatic carbocycles. The fraction of sp³-hybridized carbons (Fsp3) is 0.667. The SMILES string of the molecule is CN1CCN(CCCN2C(=O)CSC2c2ccc(Cl)s2)CC1. The Balaban J connectivity index is 1.50. The predicted octanol–water partition coefficient (Wildman–Crippen LogP) is 2.61. The Kier molecular flexibility index (Phi) is 5.68. The molecule has 2 aliphatic rings. The summed E-state index contributed by atoms with van der Waals surface area (Å²) < 4.78 is 0.798. The highest BCUT2D eigenvalue weighted by molar-refractivity contribution is 8.00. The second kappa shape index (κ2) is 7.53. The van der Waals surface area contributed by atoms with Gasteiger partial charge in [-0.3, -0.25) is 4.79 Å². The summed E-state index contributed by atoms with van der Waals surface area (Å²) in [7, 11) is 2.17. The molecule has 3 rings (SSSR count). The van der Waals surface area contributed by atoms with E-state index in [-0.39, 0.29) is 11.3 Å². The van der Waals surface area contributed by atoms with Gasteiger partial charge >= 0.3 is 0 Å². The number of hydrogen-bond donors (Lipinski definition) is 0. The molecule has 3 heterocycles. The van der Waals surface area contributed by atoms with Crippen LogP contribution in [0.1, 0.15) is 16.7 Å². The lowest BCUT2D eigenvalue weighted by Crippen LogP contribution is -2.45. The van der Waals surface area contributed by atoms with Gasteiger partial charge < -0.3 is 14.7 Å². The van der Waals surface area contributed by atoms with Gasteiger partial charge in [-0.25, -0.2) is 0 Å². The monoisotopic (exact) mass is 359 g/mol. The van der Waals surface area contributed by atoms with Gasteiger partial charge in [0.05, 0.1) is 10.1 Å². The number of amides is 1. The van der Waals surface area contributed by atoms with Crippen LogP contribution >= 0.6 is 34.7 Å². The van der Waals surface area contributed by atoms with Crippen molar-refractivity contribution in [2.75, 3.05) is 52.1 Å². The van der Waals surface area contributed by atoms with Crippen LogP contribution in [0.2, 0.25) is 4.34 Å². The van der Waals surface area contributed by atoms with Crippen molar-refractivity contribution in [1.82, 2.24) is 14.7 Å². The van der Waals surface area contributed by atoms with E-state index in [1.54, 1.807) is 23.1 Å². The van der Waals surface area contributed by atoms with E-state index in [9.17, 15) is 4.79 Å². The van der Waals surface area contributed by atoms with Crippen LogP contribution < -0.4 is 0 Å². The summed E-state index contributed by atoms with van der Waals surface area (Å²) >= 11 is 9.34. The van der Waals surface area contributed by atoms with E-state index in [0.29, 0.717) is 5.75 Å². The average Bonchev–Trinajstić information content (AvgIpc) is 3.08. The number of rotatable bonds is 5. The van der Waals surface area contributed by atoms with E-state index in [2.05, 4.69) is 22.9 Å². The molecular formula is C15H22ClN3OS2. The first-order valence-corrected chi connectivity index (χ1v) is 9.95. The number of thiophene rings is 1. The summed E-state index contributed by atoms with van der Waals surface area (Å²) in [5.41, 5.74) is 0. The van der Waals surface area contributed by atoms with Crippen LogP contribution in [-0.2, 0) is 4.79 Å². The van der Waals surface area contributed by atoms with Crippen LogP contribution in [0.5, 0.6) is 0 Å². The first kappa shape index (κ1) is 16.6. The van der Waals surface area contributed by atoms with Crippen LogP contribution in [0.4, 0.5) is 0 Å². The molecule has 0 aromatic carbocycles. The van der Waals surface area contributed by atoms with Crippen molar-refractivity contribution in [3.05, 3.63) is 21.3 Å². The van der Waals surface area contributed by atoms with Crippen molar-refractivity contribution in [3.63, 3.8) is 0 Å². The Morgan fingerprint density at radius 2 is 2.00 bits per heavy atom. The first-order chi connectivity index (χ1) is 10.6. The largest absolute Gasteiger partial charge is 0.325 e. The number of piperazine rings is 1. The third-order valence-corrected chi connectivity index (χ3v) is 6.95. The van der Waals surface area contributed by atoms with Crippen LogP contribution in [0.3, 0.4) is 0 Å². The van der Waals surface area contributed by atoms with Gasteiger partial charge in [0.2, 0.25) is 5.91 Å². The minimum atomic E-state index is 0.164. The molecule has 2 saturated heterocycles. The number of hydrogen-bond acceptors (Lipinski definition) is 5. The Hall–Kier alpha value is -0.270. The third kappa shape index (κ3) is 3.97. The summed E-state index contributed by atoms with van der Waals surface area (Å²) in [5.74, 6) is 0.854. The number of carbonyl (C=O) groups is 1. The lowest BCUT2D eigenvalue weighted by atomic mass is 10.3. The summed E-state index contributed by atoms with van der Waals surface area (Å²) in [4.78, 5) is 20.2. The fourth-order valence-corrected chi connectivity index (χ4v) is 5.44. The third-order valence-electron chi connectivity index (χ3n) is 4.27. The minimum Gasteiger partial charge on any atom is -0.325 e. The van der Waals surface area contributed by atoms with E-state index < -0.39 is 0 Å². The number of thioether (sulfide) groups is 1. The maximum Gasteiger partial charge on any atom is 0.233 e. The van der Waals surface area contributed by atoms with E-state index in [1.807, 2.05) is 11.0 Å². The van der Waals surface area contributed by atoms with Gasteiger partial charge in [0, 0.05) is 37.6 Å². The highest BCUT2D eigenvalue weighted by atomic mass is 35.5. The summed E-state index contributed by atoms with van der Waals surface area (Å²) in [6, 6.07) is 3.98. The summed E-state index contributed by atoms with van der Waals surface area (Å²) in [6.45, 7) is 6.51. The zero-order valence-electron chi connectivity index (χ0n) is 12.8. The highest BCUT2D eigenvalue weighted by Gasteiger charge is 2.33. The van der Waals surface area contributed by atoms with Gasteiger partial charge in [0.15, 0.2) is 0 Å². The van der Waals surface area contributed by atoms with Crippen LogP contribution in [0.15, 0.2) is 12.1 Å². The molecule has 1 aromatic rings. The summed E-state index contributed by atoms with van der Waals surface area (Å²) in [6.07, 6.45) is 1.05. The Morgan fingerprint density at radius 1 is 1.23 bits per heavy atom. The van der Waals surface area contributed by atoms with Crippen molar-refractivity contribution < 1.29 is 4.79 Å². The summed E-state index contributed by atoms with van der Waals surface area (Å²) in [5, 5.41) is 0.164. The number of nitrogens with zero attached hydrogens (tertiary/aromatic N) is 3. The van der Waals surface area contributed by atoms with Crippen molar-refractivity contribution in [2.45, 2.75) is 11.8 Å². The molecule has 22 heavy (non-hydrogen) atoms. The molecule has 7 heteroatoms. The number of halogens is 1. The van der Waals surface area contributed by atoms with Crippen molar-refractivity contribution in [3.8, 4) is 0 Å². The Labute approximate surface area is 145 Å². The quantitative estimate of drug-likeness (QED) is 0.807. The second-order valence-electron chi connectivity index (χ2n) is 5.89. The number of carbonyl (C=O) groups excluding carboxylic acids is 1. The molecule has 1 aromatic heterocycles. The molecule has 0 spiro atoms. The molecule has 2 fully saturated rings. The van der Waals surface area contributed by atoms with Crippen LogP contribution in [0, 0.1) is 0 Å². The number of likely N-dealkylation sites (N-methyl/N-ethyl adjacent to an activating group) is 1. The second-order valence-corrected chi connectivity index (χ2v) is 8.71. The lowest BCUT2D eigenvalue weighted by Gasteiger charge is -2.33. The maximum absolute atomic E-state index is 12.1. The first-order valence-electron chi connectivity index (χ1n) is 7.71. The maximum atomic E-state index is 12.1. The zero-order chi connectivity index (χ0) is 15.5. The molecule has 4 nitrogen and oxygen atoms in total. The molecule has 1 unspecified atom stereocenters. The molecule has 2 aliphatic heterocycles. The normalized spacial score (nSPS) is 24.4. The topological polar surface area (TPSA) is 26.8 Å². The average molecular weight is 360 g/mol. The van der Waals surface area contributed by atoms with Crippen LogP contribution in [-0.4, -0.2) is 72.7 Å². The van der Waals surface area contributed by atoms with Crippen molar-refractivity contribution in [2.24, 2.45) is 0 Å². The highest BCUT2D eigenvalue weighted by Crippen LogP contribution is 2.42. The molecule has 122 valence electrons. The fourth-order valence-electron chi connectivity index (χ4n) is 2.93. The van der Waals surface area contributed by atoms with Crippen LogP contribution in [0.25, 0.3) is 0 Å². The molecule has 0 N–H and O–H groups in total. The molecule has 1 atom stereocenters. The molecule has 0 radical (unpaired) electrons. The molecule has 1 amide bonds. The predicted molar refractivity (Wildman–Crippen MR) is 94.8 cm³/mol. The Morgan fingerprint density at radius 3 is 2.68 bits per heavy atom. The molecule has 0 bridgehead atoms. The lowest BCUT2D eigenvalue weighted by molar-refractivity contribution is -0.128. The molecule has 0 saturated carbocycles. The van der Waals surface area contributed by atoms with Gasteiger partial charge in [-0.05, 0) is 32.1 Å². The standard InChI is InChI=1S/C15H22ClN3OS2/c1-17-7-9-18(10-8-17)5-2-6-19-14(20)11-21-15(19)12-3-4-13(16)22-12/h3-4,15H,2,5-11H2,1H3. The van der Waals surface area contributed by atoms with Crippen molar-refractivity contribution >= 4 is 40.6 Å². The zero-order valence-corrected chi connectivity index (χ0v) is 15.2. The van der Waals surface area contributed by atoms with Gasteiger partial charge in [0.1, 0.15) is 5.37 Å². The van der Waals surface area contributed by atoms with E-state index in [1.165, 1.54) is 4.88 Å². The van der Waals surface area contributed by atoms with Gasteiger partial charge in [-0.15, -0.1) is 23.1 Å². The van der Waals surface area contributed by atoms with Gasteiger partial charge in [-0.1, -0.05) is 11.6 Å². The van der Waals surface area contributed by atoms with E-state index in [0.717, 1.165) is 50.0 Å². The van der Waals surface area contributed by atoms with E-state index in [4.69, 9.17) is 11.6 Å². The van der Waals surface area contributed by atoms with Gasteiger partial charge in [0.25, 0.3) is 0 Å². The molecular weight excluding hydrogens is 338 g/mol. The van der Waals surface area contributed by atoms with Gasteiger partial charge in [-0.2, -0.15) is 0 Å². The minimum absolute atomic E-state index is 0.164. The Bertz CT molecular complexity index is 517. The smallest absolute Gasteiger partial charge is 0.233 e. The van der Waals surface area contributed by atoms with E-state index >= 15 is 0 Å². The van der Waals surface area contributed by atoms with Crippen molar-refractivity contribution in [1.29, 1.82) is 0 Å².